The molecule has 1 amide bonds. The number of para-hydroxylation sites is 1. The molecule has 0 aliphatic rings. The lowest BCUT2D eigenvalue weighted by Gasteiger charge is -2.25. The minimum atomic E-state index is -0.557. The van der Waals surface area contributed by atoms with Gasteiger partial charge in [-0.2, -0.15) is 0 Å². The molecule has 0 aliphatic heterocycles. The number of anilines is 2. The van der Waals surface area contributed by atoms with Gasteiger partial charge in [0.15, 0.2) is 0 Å². The van der Waals surface area contributed by atoms with Crippen LogP contribution < -0.4 is 4.90 Å². The molecule has 0 radical (unpaired) electrons. The van der Waals surface area contributed by atoms with E-state index in [0.29, 0.717) is 9.73 Å². The van der Waals surface area contributed by atoms with E-state index in [0.717, 1.165) is 5.69 Å². The molecule has 0 fully saturated rings. The maximum Gasteiger partial charge on any atom is 0.421 e. The van der Waals surface area contributed by atoms with Gasteiger partial charge in [-0.15, -0.1) is 11.3 Å². The zero-order valence-electron chi connectivity index (χ0n) is 11.5. The van der Waals surface area contributed by atoms with Crippen LogP contribution in [0.5, 0.6) is 0 Å². The average molecular weight is 355 g/mol. The molecule has 6 heteroatoms. The SMILES string of the molecule is CC(C)(C)OC(=O)N(c1ccccc1)c1nc(Br)cs1. The molecule has 0 aliphatic carbocycles. The quantitative estimate of drug-likeness (QED) is 0.763. The molecule has 2 rings (SSSR count). The van der Waals surface area contributed by atoms with Gasteiger partial charge in [0, 0.05) is 5.38 Å². The van der Waals surface area contributed by atoms with Crippen molar-refractivity contribution >= 4 is 44.2 Å². The molecular formula is C14H15BrN2O2S. The first-order chi connectivity index (χ1) is 9.37. The van der Waals surface area contributed by atoms with Crippen LogP contribution in [0.4, 0.5) is 15.6 Å². The topological polar surface area (TPSA) is 42.4 Å². The van der Waals surface area contributed by atoms with Crippen molar-refractivity contribution in [1.29, 1.82) is 0 Å². The van der Waals surface area contributed by atoms with E-state index >= 15 is 0 Å². The van der Waals surface area contributed by atoms with Gasteiger partial charge in [0.2, 0.25) is 5.13 Å². The summed E-state index contributed by atoms with van der Waals surface area (Å²) in [6, 6.07) is 9.33. The molecule has 1 heterocycles. The number of ether oxygens (including phenoxy) is 1. The third-order valence-corrected chi connectivity index (χ3v) is 3.78. The summed E-state index contributed by atoms with van der Waals surface area (Å²) in [4.78, 5) is 18.2. The molecule has 0 spiro atoms. The Balaban J connectivity index is 2.37. The molecular weight excluding hydrogens is 340 g/mol. The van der Waals surface area contributed by atoms with Crippen LogP contribution in [0.2, 0.25) is 0 Å². The van der Waals surface area contributed by atoms with Gasteiger partial charge in [-0.3, -0.25) is 0 Å². The lowest BCUT2D eigenvalue weighted by Crippen LogP contribution is -2.33. The number of thiazole rings is 1. The minimum absolute atomic E-state index is 0.439. The fourth-order valence-corrected chi connectivity index (χ4v) is 2.78. The lowest BCUT2D eigenvalue weighted by atomic mass is 10.2. The van der Waals surface area contributed by atoms with Crippen molar-refractivity contribution in [2.24, 2.45) is 0 Å². The van der Waals surface area contributed by atoms with Gasteiger partial charge in [0.05, 0.1) is 5.69 Å². The molecule has 1 aromatic heterocycles. The second-order valence-corrected chi connectivity index (χ2v) is 6.75. The summed E-state index contributed by atoms with van der Waals surface area (Å²) in [5.74, 6) is 0. The first kappa shape index (κ1) is 15.0. The molecule has 0 saturated heterocycles. The van der Waals surface area contributed by atoms with Gasteiger partial charge in [-0.1, -0.05) is 18.2 Å². The smallest absolute Gasteiger partial charge is 0.421 e. The van der Waals surface area contributed by atoms with Crippen molar-refractivity contribution in [3.05, 3.63) is 40.3 Å². The summed E-state index contributed by atoms with van der Waals surface area (Å²) < 4.78 is 6.15. The summed E-state index contributed by atoms with van der Waals surface area (Å²) in [6.07, 6.45) is -0.439. The van der Waals surface area contributed by atoms with E-state index in [9.17, 15) is 4.79 Å². The molecule has 0 N–H and O–H groups in total. The van der Waals surface area contributed by atoms with E-state index in [2.05, 4.69) is 20.9 Å². The average Bonchev–Trinajstić information content (AvgIpc) is 2.75. The first-order valence-corrected chi connectivity index (χ1v) is 7.73. The van der Waals surface area contributed by atoms with E-state index in [1.807, 2.05) is 56.5 Å². The maximum absolute atomic E-state index is 12.4. The van der Waals surface area contributed by atoms with Gasteiger partial charge in [0.25, 0.3) is 0 Å². The molecule has 4 nitrogen and oxygen atoms in total. The monoisotopic (exact) mass is 354 g/mol. The highest BCUT2D eigenvalue weighted by Gasteiger charge is 2.26. The summed E-state index contributed by atoms with van der Waals surface area (Å²) in [5.41, 5.74) is 0.169. The second-order valence-electron chi connectivity index (χ2n) is 5.10. The molecule has 0 unspecified atom stereocenters. The van der Waals surface area contributed by atoms with Crippen LogP contribution in [0.3, 0.4) is 0 Å². The highest BCUT2D eigenvalue weighted by Crippen LogP contribution is 2.31. The Hall–Kier alpha value is -1.40. The van der Waals surface area contributed by atoms with Gasteiger partial charge >= 0.3 is 6.09 Å². The normalized spacial score (nSPS) is 11.2. The Morgan fingerprint density at radius 2 is 1.95 bits per heavy atom. The Morgan fingerprint density at radius 3 is 2.45 bits per heavy atom. The summed E-state index contributed by atoms with van der Waals surface area (Å²) in [7, 11) is 0. The van der Waals surface area contributed by atoms with Gasteiger partial charge in [0.1, 0.15) is 10.2 Å². The van der Waals surface area contributed by atoms with Gasteiger partial charge in [-0.05, 0) is 48.8 Å². The standard InChI is InChI=1S/C14H15BrN2O2S/c1-14(2,3)19-13(18)17(10-7-5-4-6-8-10)12-16-11(15)9-20-12/h4-9H,1-3H3. The van der Waals surface area contributed by atoms with Crippen LogP contribution in [0, 0.1) is 0 Å². The summed E-state index contributed by atoms with van der Waals surface area (Å²) >= 11 is 4.68. The number of amides is 1. The molecule has 0 saturated carbocycles. The van der Waals surface area contributed by atoms with Crippen LogP contribution in [-0.4, -0.2) is 16.7 Å². The van der Waals surface area contributed by atoms with Crippen LogP contribution >= 0.6 is 27.3 Å². The molecule has 20 heavy (non-hydrogen) atoms. The number of carbonyl (C=O) groups is 1. The zero-order valence-corrected chi connectivity index (χ0v) is 13.9. The van der Waals surface area contributed by atoms with Crippen molar-refractivity contribution in [2.75, 3.05) is 4.90 Å². The molecule has 2 aromatic rings. The number of aromatic nitrogens is 1. The number of hydrogen-bond acceptors (Lipinski definition) is 4. The Morgan fingerprint density at radius 1 is 1.30 bits per heavy atom. The van der Waals surface area contributed by atoms with Gasteiger partial charge < -0.3 is 4.74 Å². The van der Waals surface area contributed by atoms with E-state index < -0.39 is 11.7 Å². The highest BCUT2D eigenvalue weighted by atomic mass is 79.9. The minimum Gasteiger partial charge on any atom is -0.443 e. The van der Waals surface area contributed by atoms with Crippen molar-refractivity contribution in [3.63, 3.8) is 0 Å². The number of carbonyl (C=O) groups excluding carboxylic acids is 1. The van der Waals surface area contributed by atoms with Crippen molar-refractivity contribution in [3.8, 4) is 0 Å². The Bertz CT molecular complexity index is 593. The third kappa shape index (κ3) is 3.80. The first-order valence-electron chi connectivity index (χ1n) is 6.06. The summed E-state index contributed by atoms with van der Waals surface area (Å²) in [5, 5.41) is 2.40. The zero-order chi connectivity index (χ0) is 14.8. The largest absolute Gasteiger partial charge is 0.443 e. The fraction of sp³-hybridized carbons (Fsp3) is 0.286. The van der Waals surface area contributed by atoms with Crippen LogP contribution in [0.25, 0.3) is 0 Å². The highest BCUT2D eigenvalue weighted by molar-refractivity contribution is 9.10. The number of halogens is 1. The van der Waals surface area contributed by atoms with Crippen molar-refractivity contribution in [1.82, 2.24) is 4.98 Å². The predicted octanol–water partition coefficient (Wildman–Crippen LogP) is 4.98. The molecule has 1 aromatic carbocycles. The molecule has 0 bridgehead atoms. The number of hydrogen-bond donors (Lipinski definition) is 0. The number of rotatable bonds is 2. The van der Waals surface area contributed by atoms with Gasteiger partial charge in [-0.25, -0.2) is 14.7 Å². The second kappa shape index (κ2) is 5.93. The Labute approximate surface area is 130 Å². The van der Waals surface area contributed by atoms with E-state index in [4.69, 9.17) is 4.74 Å². The van der Waals surface area contributed by atoms with Crippen LogP contribution in [0.15, 0.2) is 40.3 Å². The van der Waals surface area contributed by atoms with Crippen LogP contribution in [-0.2, 0) is 4.74 Å². The van der Waals surface area contributed by atoms with E-state index in [1.54, 1.807) is 0 Å². The third-order valence-electron chi connectivity index (χ3n) is 2.25. The van der Waals surface area contributed by atoms with Crippen molar-refractivity contribution in [2.45, 2.75) is 26.4 Å². The van der Waals surface area contributed by atoms with Crippen molar-refractivity contribution < 1.29 is 9.53 Å². The molecule has 0 atom stereocenters. The molecule has 106 valence electrons. The van der Waals surface area contributed by atoms with Crippen LogP contribution in [0.1, 0.15) is 20.8 Å². The number of nitrogens with zero attached hydrogens (tertiary/aromatic N) is 2. The summed E-state index contributed by atoms with van der Waals surface area (Å²) in [6.45, 7) is 5.52. The van der Waals surface area contributed by atoms with E-state index in [1.165, 1.54) is 16.2 Å². The maximum atomic E-state index is 12.4. The lowest BCUT2D eigenvalue weighted by molar-refractivity contribution is 0.0599. The Kier molecular flexibility index (Phi) is 4.45. The fourth-order valence-electron chi connectivity index (χ4n) is 1.53. The van der Waals surface area contributed by atoms with E-state index in [-0.39, 0.29) is 0 Å². The predicted molar refractivity (Wildman–Crippen MR) is 84.6 cm³/mol. The number of benzene rings is 1.